The van der Waals surface area contributed by atoms with Crippen molar-refractivity contribution in [1.82, 2.24) is 5.32 Å². The molecule has 1 amide bonds. The van der Waals surface area contributed by atoms with Gasteiger partial charge in [0.1, 0.15) is 6.54 Å². The fourth-order valence-electron chi connectivity index (χ4n) is 2.79. The zero-order valence-electron chi connectivity index (χ0n) is 15.1. The van der Waals surface area contributed by atoms with E-state index in [0.29, 0.717) is 24.7 Å². The highest BCUT2D eigenvalue weighted by molar-refractivity contribution is 5.97. The summed E-state index contributed by atoms with van der Waals surface area (Å²) in [7, 11) is 0. The second-order valence-corrected chi connectivity index (χ2v) is 6.60. The standard InChI is InChI=1S/C17H20F3N3O5/c1-11-4-6-22(7-5-11)14-3-2-12(23(26)27)8-13(14)16(25)28-9-15(24)21-10-17(18,19)20/h2-3,8,11H,4-7,9-10H2,1H3,(H,21,24). The molecule has 0 aliphatic carbocycles. The van der Waals surface area contributed by atoms with Crippen molar-refractivity contribution in [2.75, 3.05) is 31.1 Å². The number of nitrogens with zero attached hydrogens (tertiary/aromatic N) is 2. The van der Waals surface area contributed by atoms with E-state index in [1.54, 1.807) is 5.32 Å². The molecule has 1 N–H and O–H groups in total. The summed E-state index contributed by atoms with van der Waals surface area (Å²) in [6.45, 7) is 0.921. The fraction of sp³-hybridized carbons (Fsp3) is 0.529. The van der Waals surface area contributed by atoms with Crippen molar-refractivity contribution in [3.05, 3.63) is 33.9 Å². The van der Waals surface area contributed by atoms with Crippen LogP contribution in [0.25, 0.3) is 0 Å². The summed E-state index contributed by atoms with van der Waals surface area (Å²) >= 11 is 0. The Morgan fingerprint density at radius 1 is 1.32 bits per heavy atom. The van der Waals surface area contributed by atoms with E-state index < -0.39 is 36.1 Å². The number of alkyl halides is 3. The largest absolute Gasteiger partial charge is 0.452 e. The summed E-state index contributed by atoms with van der Waals surface area (Å²) < 4.78 is 41.1. The molecule has 1 heterocycles. The molecule has 0 saturated carbocycles. The lowest BCUT2D eigenvalue weighted by molar-refractivity contribution is -0.384. The molecule has 154 valence electrons. The third-order valence-electron chi connectivity index (χ3n) is 4.36. The predicted molar refractivity (Wildman–Crippen MR) is 93.1 cm³/mol. The minimum absolute atomic E-state index is 0.104. The number of esters is 1. The van der Waals surface area contributed by atoms with Gasteiger partial charge in [0, 0.05) is 25.2 Å². The quantitative estimate of drug-likeness (QED) is 0.445. The first-order valence-corrected chi connectivity index (χ1v) is 8.61. The highest BCUT2D eigenvalue weighted by Gasteiger charge is 2.28. The van der Waals surface area contributed by atoms with Gasteiger partial charge in [0.25, 0.3) is 11.6 Å². The van der Waals surface area contributed by atoms with Gasteiger partial charge in [-0.25, -0.2) is 4.79 Å². The molecule has 0 radical (unpaired) electrons. The normalized spacial score (nSPS) is 15.2. The number of nitro benzene ring substituents is 1. The maximum absolute atomic E-state index is 12.4. The summed E-state index contributed by atoms with van der Waals surface area (Å²) in [5.74, 6) is -1.62. The SMILES string of the molecule is CC1CCN(c2ccc([N+](=O)[O-])cc2C(=O)OCC(=O)NCC(F)(F)F)CC1. The van der Waals surface area contributed by atoms with Crippen LogP contribution in [0.1, 0.15) is 30.1 Å². The summed E-state index contributed by atoms with van der Waals surface area (Å²) in [5, 5.41) is 12.6. The Morgan fingerprint density at radius 2 is 1.96 bits per heavy atom. The monoisotopic (exact) mass is 403 g/mol. The molecule has 1 aliphatic rings. The number of hydrogen-bond donors (Lipinski definition) is 1. The minimum atomic E-state index is -4.59. The third kappa shape index (κ3) is 6.10. The number of carbonyl (C=O) groups excluding carboxylic acids is 2. The number of anilines is 1. The van der Waals surface area contributed by atoms with Crippen LogP contribution >= 0.6 is 0 Å². The van der Waals surface area contributed by atoms with Crippen molar-refractivity contribution < 1.29 is 32.4 Å². The van der Waals surface area contributed by atoms with Crippen LogP contribution < -0.4 is 10.2 Å². The molecule has 1 fully saturated rings. The van der Waals surface area contributed by atoms with Crippen molar-refractivity contribution >= 4 is 23.3 Å². The van der Waals surface area contributed by atoms with Crippen molar-refractivity contribution in [3.8, 4) is 0 Å². The van der Waals surface area contributed by atoms with Crippen molar-refractivity contribution in [3.63, 3.8) is 0 Å². The van der Waals surface area contributed by atoms with Gasteiger partial charge < -0.3 is 15.0 Å². The van der Waals surface area contributed by atoms with E-state index >= 15 is 0 Å². The van der Waals surface area contributed by atoms with Gasteiger partial charge in [-0.2, -0.15) is 13.2 Å². The molecular weight excluding hydrogens is 383 g/mol. The molecular formula is C17H20F3N3O5. The van der Waals surface area contributed by atoms with Gasteiger partial charge in [-0.1, -0.05) is 6.92 Å². The summed E-state index contributed by atoms with van der Waals surface area (Å²) in [6.07, 6.45) is -2.82. The number of nitro groups is 1. The molecule has 8 nitrogen and oxygen atoms in total. The smallest absolute Gasteiger partial charge is 0.405 e. The number of halogens is 3. The average Bonchev–Trinajstić information content (AvgIpc) is 2.64. The number of hydrogen-bond acceptors (Lipinski definition) is 6. The molecule has 28 heavy (non-hydrogen) atoms. The number of rotatable bonds is 6. The maximum atomic E-state index is 12.4. The Bertz CT molecular complexity index is 746. The van der Waals surface area contributed by atoms with E-state index in [9.17, 15) is 32.9 Å². The first-order valence-electron chi connectivity index (χ1n) is 8.61. The van der Waals surface area contributed by atoms with Crippen molar-refractivity contribution in [2.45, 2.75) is 25.9 Å². The van der Waals surface area contributed by atoms with Crippen molar-refractivity contribution in [1.29, 1.82) is 0 Å². The van der Waals surface area contributed by atoms with Crippen LogP contribution in [0.3, 0.4) is 0 Å². The molecule has 0 atom stereocenters. The summed E-state index contributed by atoms with van der Waals surface area (Å²) in [5.41, 5.74) is -0.00632. The first-order chi connectivity index (χ1) is 13.1. The molecule has 1 aromatic carbocycles. The Morgan fingerprint density at radius 3 is 2.54 bits per heavy atom. The Balaban J connectivity index is 2.12. The topological polar surface area (TPSA) is 102 Å². The van der Waals surface area contributed by atoms with Crippen molar-refractivity contribution in [2.24, 2.45) is 5.92 Å². The zero-order chi connectivity index (χ0) is 20.9. The van der Waals surface area contributed by atoms with Crippen LogP contribution in [0.4, 0.5) is 24.5 Å². The lowest BCUT2D eigenvalue weighted by Gasteiger charge is -2.33. The molecule has 0 bridgehead atoms. The number of piperidine rings is 1. The maximum Gasteiger partial charge on any atom is 0.405 e. The lowest BCUT2D eigenvalue weighted by atomic mass is 9.98. The summed E-state index contributed by atoms with van der Waals surface area (Å²) in [4.78, 5) is 36.0. The van der Waals surface area contributed by atoms with Gasteiger partial charge in [0.2, 0.25) is 0 Å². The molecule has 0 spiro atoms. The summed E-state index contributed by atoms with van der Waals surface area (Å²) in [6, 6.07) is 3.75. The van der Waals surface area contributed by atoms with E-state index in [1.807, 2.05) is 4.90 Å². The number of nitrogens with one attached hydrogen (secondary N) is 1. The van der Waals surface area contributed by atoms with Crippen LogP contribution in [0.5, 0.6) is 0 Å². The molecule has 0 aromatic heterocycles. The second kappa shape index (κ2) is 8.89. The molecule has 11 heteroatoms. The lowest BCUT2D eigenvalue weighted by Crippen LogP contribution is -2.37. The van der Waals surface area contributed by atoms with E-state index in [-0.39, 0.29) is 11.3 Å². The molecule has 1 aliphatic heterocycles. The van der Waals surface area contributed by atoms with E-state index in [1.165, 1.54) is 12.1 Å². The average molecular weight is 403 g/mol. The molecule has 2 rings (SSSR count). The Kier molecular flexibility index (Phi) is 6.81. The van der Waals surface area contributed by atoms with Crippen LogP contribution in [0.15, 0.2) is 18.2 Å². The fourth-order valence-corrected chi connectivity index (χ4v) is 2.79. The van der Waals surface area contributed by atoms with Crippen LogP contribution in [0, 0.1) is 16.0 Å². The van der Waals surface area contributed by atoms with Crippen LogP contribution in [-0.4, -0.2) is 49.2 Å². The molecule has 1 saturated heterocycles. The van der Waals surface area contributed by atoms with E-state index in [4.69, 9.17) is 4.74 Å². The molecule has 0 unspecified atom stereocenters. The highest BCUT2D eigenvalue weighted by Crippen LogP contribution is 2.29. The first kappa shape index (κ1) is 21.5. The zero-order valence-corrected chi connectivity index (χ0v) is 15.1. The van der Waals surface area contributed by atoms with E-state index in [2.05, 4.69) is 6.92 Å². The molecule has 1 aromatic rings. The number of carbonyl (C=O) groups is 2. The Hall–Kier alpha value is -2.85. The van der Waals surface area contributed by atoms with Gasteiger partial charge in [-0.05, 0) is 24.8 Å². The number of ether oxygens (including phenoxy) is 1. The van der Waals surface area contributed by atoms with Gasteiger partial charge in [0.15, 0.2) is 6.61 Å². The number of non-ortho nitro benzene ring substituents is 1. The van der Waals surface area contributed by atoms with Crippen LogP contribution in [-0.2, 0) is 9.53 Å². The van der Waals surface area contributed by atoms with Gasteiger partial charge in [-0.3, -0.25) is 14.9 Å². The second-order valence-electron chi connectivity index (χ2n) is 6.60. The van der Waals surface area contributed by atoms with Crippen LogP contribution in [0.2, 0.25) is 0 Å². The Labute approximate surface area is 158 Å². The van der Waals surface area contributed by atoms with Gasteiger partial charge in [0.05, 0.1) is 16.2 Å². The van der Waals surface area contributed by atoms with Gasteiger partial charge >= 0.3 is 12.1 Å². The highest BCUT2D eigenvalue weighted by atomic mass is 19.4. The predicted octanol–water partition coefficient (Wildman–Crippen LogP) is 2.67. The van der Waals surface area contributed by atoms with Gasteiger partial charge in [-0.15, -0.1) is 0 Å². The number of amides is 1. The van der Waals surface area contributed by atoms with E-state index in [0.717, 1.165) is 18.9 Å². The minimum Gasteiger partial charge on any atom is -0.452 e. The number of benzene rings is 1. The third-order valence-corrected chi connectivity index (χ3v) is 4.36.